The molecule has 1 aromatic carbocycles. The van der Waals surface area contributed by atoms with Crippen LogP contribution >= 0.6 is 24.0 Å². The zero-order chi connectivity index (χ0) is 20.5. The average Bonchev–Trinajstić information content (AvgIpc) is 3.25. The monoisotopic (exact) mass is 526 g/mol. The number of pyridine rings is 1. The number of nitrogens with zero attached hydrogens (tertiary/aromatic N) is 3. The van der Waals surface area contributed by atoms with Crippen LogP contribution in [-0.4, -0.2) is 56.3 Å². The molecule has 1 N–H and O–H groups in total. The Hall–Kier alpha value is -2.07. The third-order valence-corrected chi connectivity index (χ3v) is 4.73. The minimum atomic E-state index is 0. The van der Waals surface area contributed by atoms with Crippen LogP contribution < -0.4 is 14.8 Å². The summed E-state index contributed by atoms with van der Waals surface area (Å²) in [7, 11) is 3.70. The van der Waals surface area contributed by atoms with E-state index in [0.29, 0.717) is 24.1 Å². The highest BCUT2D eigenvalue weighted by Crippen LogP contribution is 2.23. The van der Waals surface area contributed by atoms with Crippen molar-refractivity contribution in [1.29, 1.82) is 0 Å². The second-order valence-corrected chi connectivity index (χ2v) is 7.07. The second-order valence-electron chi connectivity index (χ2n) is 7.07. The summed E-state index contributed by atoms with van der Waals surface area (Å²) in [5.41, 5.74) is 1.02. The van der Waals surface area contributed by atoms with Gasteiger partial charge in [0.05, 0.1) is 20.3 Å². The van der Waals surface area contributed by atoms with E-state index in [-0.39, 0.29) is 24.0 Å². The third-order valence-electron chi connectivity index (χ3n) is 4.73. The van der Waals surface area contributed by atoms with E-state index in [2.05, 4.69) is 29.2 Å². The summed E-state index contributed by atoms with van der Waals surface area (Å²) in [5, 5.41) is 3.36. The van der Waals surface area contributed by atoms with Crippen molar-refractivity contribution < 1.29 is 14.2 Å². The fraction of sp³-hybridized carbons (Fsp3) is 0.455. The molecule has 8 heteroatoms. The molecule has 2 aromatic rings. The van der Waals surface area contributed by atoms with Gasteiger partial charge in [-0.1, -0.05) is 12.1 Å². The van der Waals surface area contributed by atoms with Crippen LogP contribution in [0.2, 0.25) is 0 Å². The topological polar surface area (TPSA) is 68.2 Å². The van der Waals surface area contributed by atoms with Crippen molar-refractivity contribution in [2.24, 2.45) is 10.9 Å². The van der Waals surface area contributed by atoms with Crippen molar-refractivity contribution in [3.8, 4) is 17.4 Å². The van der Waals surface area contributed by atoms with Crippen LogP contribution in [0.3, 0.4) is 0 Å². The van der Waals surface area contributed by atoms with Gasteiger partial charge in [-0.2, -0.15) is 0 Å². The lowest BCUT2D eigenvalue weighted by atomic mass is 10.1. The lowest BCUT2D eigenvalue weighted by Crippen LogP contribution is -2.41. The summed E-state index contributed by atoms with van der Waals surface area (Å²) >= 11 is 0. The van der Waals surface area contributed by atoms with Gasteiger partial charge in [-0.3, -0.25) is 0 Å². The summed E-state index contributed by atoms with van der Waals surface area (Å²) < 4.78 is 16.5. The molecule has 0 amide bonds. The Morgan fingerprint density at radius 1 is 1.30 bits per heavy atom. The first-order chi connectivity index (χ1) is 14.2. The predicted molar refractivity (Wildman–Crippen MR) is 129 cm³/mol. The molecule has 0 aliphatic carbocycles. The third kappa shape index (κ3) is 7.32. The quantitative estimate of drug-likeness (QED) is 0.320. The Balaban J connectivity index is 0.00000320. The van der Waals surface area contributed by atoms with Crippen LogP contribution in [0.1, 0.15) is 18.9 Å². The first-order valence-electron chi connectivity index (χ1n) is 10.0. The molecular formula is C22H31IN4O3. The van der Waals surface area contributed by atoms with Crippen molar-refractivity contribution in [3.63, 3.8) is 0 Å². The number of rotatable bonds is 8. The smallest absolute Gasteiger partial charge is 0.219 e. The molecule has 0 bridgehead atoms. The van der Waals surface area contributed by atoms with E-state index in [1.807, 2.05) is 36.4 Å². The Morgan fingerprint density at radius 2 is 2.13 bits per heavy atom. The standard InChI is InChI=1S/C22H30N4O3.HI/c1-4-23-22(26(2)15-18-10-11-28-16-18)25-14-17-8-9-21(24-13-17)29-20-7-5-6-19(12-20)27-3;/h5-9,12-13,18H,4,10-11,14-16H2,1-3H3,(H,23,25);1H. The Bertz CT molecular complexity index is 795. The maximum atomic E-state index is 5.79. The minimum Gasteiger partial charge on any atom is -0.497 e. The van der Waals surface area contributed by atoms with Gasteiger partial charge in [0.1, 0.15) is 11.5 Å². The lowest BCUT2D eigenvalue weighted by molar-refractivity contribution is 0.181. The Kier molecular flexibility index (Phi) is 10.2. The molecule has 164 valence electrons. The molecule has 2 heterocycles. The predicted octanol–water partition coefficient (Wildman–Crippen LogP) is 3.93. The molecule has 1 atom stereocenters. The maximum absolute atomic E-state index is 5.79. The van der Waals surface area contributed by atoms with Crippen molar-refractivity contribution in [2.75, 3.05) is 40.5 Å². The van der Waals surface area contributed by atoms with Gasteiger partial charge in [-0.05, 0) is 31.0 Å². The second kappa shape index (κ2) is 12.6. The maximum Gasteiger partial charge on any atom is 0.219 e. The highest BCUT2D eigenvalue weighted by molar-refractivity contribution is 14.0. The molecular weight excluding hydrogens is 495 g/mol. The largest absolute Gasteiger partial charge is 0.497 e. The zero-order valence-corrected chi connectivity index (χ0v) is 20.2. The highest BCUT2D eigenvalue weighted by Gasteiger charge is 2.19. The fourth-order valence-electron chi connectivity index (χ4n) is 3.19. The van der Waals surface area contributed by atoms with Crippen molar-refractivity contribution in [2.45, 2.75) is 19.9 Å². The van der Waals surface area contributed by atoms with Crippen LogP contribution in [0.15, 0.2) is 47.6 Å². The molecule has 1 aromatic heterocycles. The number of aliphatic imine (C=N–C) groups is 1. The van der Waals surface area contributed by atoms with Gasteiger partial charge >= 0.3 is 0 Å². The number of benzene rings is 1. The first-order valence-corrected chi connectivity index (χ1v) is 10.0. The SMILES string of the molecule is CCNC(=NCc1ccc(Oc2cccc(OC)c2)nc1)N(C)CC1CCOC1.I. The number of methoxy groups -OCH3 is 1. The molecule has 1 aliphatic heterocycles. The normalized spacial score (nSPS) is 16.0. The van der Waals surface area contributed by atoms with E-state index in [4.69, 9.17) is 19.2 Å². The van der Waals surface area contributed by atoms with Crippen LogP contribution in [0, 0.1) is 5.92 Å². The van der Waals surface area contributed by atoms with Crippen LogP contribution in [-0.2, 0) is 11.3 Å². The number of nitrogens with one attached hydrogen (secondary N) is 1. The summed E-state index contributed by atoms with van der Waals surface area (Å²) in [6.45, 7) is 6.10. The number of halogens is 1. The first kappa shape index (κ1) is 24.2. The Labute approximate surface area is 195 Å². The molecule has 0 saturated carbocycles. The van der Waals surface area contributed by atoms with E-state index < -0.39 is 0 Å². The van der Waals surface area contributed by atoms with Crippen molar-refractivity contribution in [1.82, 2.24) is 15.2 Å². The number of ether oxygens (including phenoxy) is 3. The van der Waals surface area contributed by atoms with E-state index >= 15 is 0 Å². The molecule has 30 heavy (non-hydrogen) atoms. The zero-order valence-electron chi connectivity index (χ0n) is 17.8. The van der Waals surface area contributed by atoms with Gasteiger partial charge in [0.25, 0.3) is 0 Å². The molecule has 0 spiro atoms. The fourth-order valence-corrected chi connectivity index (χ4v) is 3.19. The highest BCUT2D eigenvalue weighted by atomic mass is 127. The van der Waals surface area contributed by atoms with Gasteiger partial charge in [0, 0.05) is 51.0 Å². The van der Waals surface area contributed by atoms with Gasteiger partial charge in [0.2, 0.25) is 5.88 Å². The summed E-state index contributed by atoms with van der Waals surface area (Å²) in [5.74, 6) is 3.44. The number of aromatic nitrogens is 1. The molecule has 1 saturated heterocycles. The molecule has 7 nitrogen and oxygen atoms in total. The summed E-state index contributed by atoms with van der Waals surface area (Å²) in [4.78, 5) is 11.3. The summed E-state index contributed by atoms with van der Waals surface area (Å²) in [6, 6.07) is 11.3. The van der Waals surface area contributed by atoms with Crippen LogP contribution in [0.4, 0.5) is 0 Å². The number of guanidine groups is 1. The van der Waals surface area contributed by atoms with E-state index in [1.54, 1.807) is 13.3 Å². The van der Waals surface area contributed by atoms with E-state index in [0.717, 1.165) is 50.0 Å². The molecule has 3 rings (SSSR count). The summed E-state index contributed by atoms with van der Waals surface area (Å²) in [6.07, 6.45) is 2.91. The lowest BCUT2D eigenvalue weighted by Gasteiger charge is -2.24. The van der Waals surface area contributed by atoms with Gasteiger partial charge < -0.3 is 24.4 Å². The van der Waals surface area contributed by atoms with Crippen LogP contribution in [0.25, 0.3) is 0 Å². The van der Waals surface area contributed by atoms with E-state index in [9.17, 15) is 0 Å². The van der Waals surface area contributed by atoms with Crippen LogP contribution in [0.5, 0.6) is 17.4 Å². The molecule has 0 radical (unpaired) electrons. The van der Waals surface area contributed by atoms with Crippen molar-refractivity contribution in [3.05, 3.63) is 48.2 Å². The van der Waals surface area contributed by atoms with Gasteiger partial charge in [-0.25, -0.2) is 9.98 Å². The van der Waals surface area contributed by atoms with Gasteiger partial charge in [-0.15, -0.1) is 24.0 Å². The van der Waals surface area contributed by atoms with E-state index in [1.165, 1.54) is 0 Å². The Morgan fingerprint density at radius 3 is 2.80 bits per heavy atom. The molecule has 1 fully saturated rings. The average molecular weight is 526 g/mol. The van der Waals surface area contributed by atoms with Crippen molar-refractivity contribution >= 4 is 29.9 Å². The van der Waals surface area contributed by atoms with Gasteiger partial charge in [0.15, 0.2) is 5.96 Å². The molecule has 1 unspecified atom stereocenters. The number of hydrogen-bond acceptors (Lipinski definition) is 5. The molecule has 1 aliphatic rings. The number of hydrogen-bond donors (Lipinski definition) is 1. The minimum absolute atomic E-state index is 0.